The van der Waals surface area contributed by atoms with Gasteiger partial charge >= 0.3 is 6.09 Å². The van der Waals surface area contributed by atoms with Crippen molar-refractivity contribution in [3.63, 3.8) is 0 Å². The van der Waals surface area contributed by atoms with Gasteiger partial charge in [0.05, 0.1) is 5.56 Å². The normalized spacial score (nSPS) is 10.8. The molecule has 128 valence electrons. The predicted molar refractivity (Wildman–Crippen MR) is 91.8 cm³/mol. The molecule has 0 saturated carbocycles. The summed E-state index contributed by atoms with van der Waals surface area (Å²) in [7, 11) is 3.71. The zero-order chi connectivity index (χ0) is 17.6. The highest BCUT2D eigenvalue weighted by Crippen LogP contribution is 2.21. The molecule has 0 aliphatic carbocycles. The van der Waals surface area contributed by atoms with Crippen LogP contribution in [0.1, 0.15) is 31.1 Å². The number of carbonyl (C=O) groups is 2. The molecular formula is C16H26N4O3. The number of benzene rings is 1. The second-order valence-corrected chi connectivity index (χ2v) is 6.36. The largest absolute Gasteiger partial charge is 0.444 e. The standard InChI is InChI=1S/C16H26N4O3/c1-16(2,3)23-15(22)19-9-8-18-14(21)12-10-11(17)6-7-13(12)20(4)5/h6-7,10H,8-9,17H2,1-5H3,(H,18,21)(H,19,22). The lowest BCUT2D eigenvalue weighted by atomic mass is 10.1. The van der Waals surface area contributed by atoms with Gasteiger partial charge in [-0.2, -0.15) is 0 Å². The maximum Gasteiger partial charge on any atom is 0.407 e. The molecule has 0 saturated heterocycles. The van der Waals surface area contributed by atoms with Gasteiger partial charge in [-0.1, -0.05) is 0 Å². The third-order valence-electron chi connectivity index (χ3n) is 2.83. The maximum atomic E-state index is 12.3. The van der Waals surface area contributed by atoms with Gasteiger partial charge in [-0.3, -0.25) is 4.79 Å². The van der Waals surface area contributed by atoms with E-state index in [0.717, 1.165) is 5.69 Å². The van der Waals surface area contributed by atoms with Crippen LogP contribution < -0.4 is 21.3 Å². The van der Waals surface area contributed by atoms with Crippen molar-refractivity contribution in [2.45, 2.75) is 26.4 Å². The quantitative estimate of drug-likeness (QED) is 0.565. The Morgan fingerprint density at radius 2 is 1.78 bits per heavy atom. The van der Waals surface area contributed by atoms with Crippen molar-refractivity contribution in [1.82, 2.24) is 10.6 Å². The number of hydrogen-bond acceptors (Lipinski definition) is 5. The number of nitrogens with two attached hydrogens (primary N) is 1. The van der Waals surface area contributed by atoms with E-state index >= 15 is 0 Å². The Bertz CT molecular complexity index is 565. The number of nitrogen functional groups attached to an aromatic ring is 1. The smallest absolute Gasteiger partial charge is 0.407 e. The second-order valence-electron chi connectivity index (χ2n) is 6.36. The summed E-state index contributed by atoms with van der Waals surface area (Å²) in [6, 6.07) is 5.17. The van der Waals surface area contributed by atoms with E-state index in [1.165, 1.54) is 0 Å². The fraction of sp³-hybridized carbons (Fsp3) is 0.500. The van der Waals surface area contributed by atoms with Crippen molar-refractivity contribution in [2.24, 2.45) is 0 Å². The van der Waals surface area contributed by atoms with Crippen LogP contribution in [0, 0.1) is 0 Å². The number of nitrogens with zero attached hydrogens (tertiary/aromatic N) is 1. The van der Waals surface area contributed by atoms with E-state index < -0.39 is 11.7 Å². The lowest BCUT2D eigenvalue weighted by Gasteiger charge is -2.20. The molecule has 0 fully saturated rings. The summed E-state index contributed by atoms with van der Waals surface area (Å²) in [5, 5.41) is 5.33. The minimum Gasteiger partial charge on any atom is -0.444 e. The summed E-state index contributed by atoms with van der Waals surface area (Å²) < 4.78 is 5.11. The molecule has 0 atom stereocenters. The van der Waals surface area contributed by atoms with Crippen LogP contribution in [0.3, 0.4) is 0 Å². The Morgan fingerprint density at radius 3 is 2.35 bits per heavy atom. The van der Waals surface area contributed by atoms with Crippen molar-refractivity contribution < 1.29 is 14.3 Å². The third-order valence-corrected chi connectivity index (χ3v) is 2.83. The van der Waals surface area contributed by atoms with Gasteiger partial charge in [0.15, 0.2) is 0 Å². The number of rotatable bonds is 5. The molecule has 0 spiro atoms. The molecular weight excluding hydrogens is 296 g/mol. The minimum absolute atomic E-state index is 0.244. The highest BCUT2D eigenvalue weighted by Gasteiger charge is 2.16. The molecule has 1 rings (SSSR count). The number of amides is 2. The molecule has 7 nitrogen and oxygen atoms in total. The van der Waals surface area contributed by atoms with Crippen LogP contribution in [0.25, 0.3) is 0 Å². The van der Waals surface area contributed by atoms with Gasteiger partial charge in [-0.15, -0.1) is 0 Å². The average Bonchev–Trinajstić information content (AvgIpc) is 2.41. The molecule has 0 aromatic heterocycles. The third kappa shape index (κ3) is 6.46. The lowest BCUT2D eigenvalue weighted by Crippen LogP contribution is -2.38. The number of anilines is 2. The Labute approximate surface area is 137 Å². The summed E-state index contributed by atoms with van der Waals surface area (Å²) in [6.45, 7) is 5.94. The highest BCUT2D eigenvalue weighted by molar-refractivity contribution is 6.00. The Morgan fingerprint density at radius 1 is 1.17 bits per heavy atom. The fourth-order valence-electron chi connectivity index (χ4n) is 1.88. The van der Waals surface area contributed by atoms with E-state index in [9.17, 15) is 9.59 Å². The molecule has 0 bridgehead atoms. The molecule has 1 aromatic rings. The first-order valence-corrected chi connectivity index (χ1v) is 7.42. The zero-order valence-electron chi connectivity index (χ0n) is 14.4. The predicted octanol–water partition coefficient (Wildman–Crippen LogP) is 1.59. The molecule has 23 heavy (non-hydrogen) atoms. The first-order chi connectivity index (χ1) is 10.6. The van der Waals surface area contributed by atoms with Gasteiger partial charge in [0, 0.05) is 38.6 Å². The Hall–Kier alpha value is -2.44. The van der Waals surface area contributed by atoms with E-state index in [1.807, 2.05) is 19.0 Å². The molecule has 0 aliphatic heterocycles. The minimum atomic E-state index is -0.546. The van der Waals surface area contributed by atoms with E-state index in [4.69, 9.17) is 10.5 Å². The zero-order valence-corrected chi connectivity index (χ0v) is 14.4. The molecule has 0 aliphatic rings. The average molecular weight is 322 g/mol. The number of alkyl carbamates (subject to hydrolysis) is 1. The van der Waals surface area contributed by atoms with E-state index in [-0.39, 0.29) is 12.5 Å². The van der Waals surface area contributed by atoms with E-state index in [1.54, 1.807) is 39.0 Å². The number of hydrogen-bond donors (Lipinski definition) is 3. The summed E-state index contributed by atoms with van der Waals surface area (Å²) in [4.78, 5) is 25.6. The second kappa shape index (κ2) is 7.71. The Balaban J connectivity index is 2.52. The lowest BCUT2D eigenvalue weighted by molar-refractivity contribution is 0.0526. The van der Waals surface area contributed by atoms with E-state index in [0.29, 0.717) is 17.8 Å². The summed E-state index contributed by atoms with van der Waals surface area (Å²) in [5.74, 6) is -0.244. The summed E-state index contributed by atoms with van der Waals surface area (Å²) in [5.41, 5.74) is 6.99. The molecule has 4 N–H and O–H groups in total. The molecule has 0 radical (unpaired) electrons. The molecule has 0 heterocycles. The highest BCUT2D eigenvalue weighted by atomic mass is 16.6. The summed E-state index contributed by atoms with van der Waals surface area (Å²) >= 11 is 0. The van der Waals surface area contributed by atoms with Crippen LogP contribution in [0.5, 0.6) is 0 Å². The SMILES string of the molecule is CN(C)c1ccc(N)cc1C(=O)NCCNC(=O)OC(C)(C)C. The van der Waals surface area contributed by atoms with Gasteiger partial charge in [0.25, 0.3) is 5.91 Å². The van der Waals surface area contributed by atoms with Gasteiger partial charge in [0.2, 0.25) is 0 Å². The van der Waals surface area contributed by atoms with Gasteiger partial charge in [-0.05, 0) is 39.0 Å². The van der Waals surface area contributed by atoms with Gasteiger partial charge in [0.1, 0.15) is 5.60 Å². The number of nitrogens with one attached hydrogen (secondary N) is 2. The van der Waals surface area contributed by atoms with Crippen molar-refractivity contribution in [3.05, 3.63) is 23.8 Å². The van der Waals surface area contributed by atoms with Crippen LogP contribution in [0.4, 0.5) is 16.2 Å². The van der Waals surface area contributed by atoms with Gasteiger partial charge < -0.3 is 26.0 Å². The molecule has 0 unspecified atom stereocenters. The van der Waals surface area contributed by atoms with Crippen LogP contribution in [0.15, 0.2) is 18.2 Å². The first-order valence-electron chi connectivity index (χ1n) is 7.42. The topological polar surface area (TPSA) is 96.7 Å². The van der Waals surface area contributed by atoms with Crippen molar-refractivity contribution >= 4 is 23.4 Å². The van der Waals surface area contributed by atoms with Gasteiger partial charge in [-0.25, -0.2) is 4.79 Å². The number of ether oxygens (including phenoxy) is 1. The van der Waals surface area contributed by atoms with Crippen LogP contribution in [0.2, 0.25) is 0 Å². The first kappa shape index (κ1) is 18.6. The van der Waals surface area contributed by atoms with Crippen LogP contribution >= 0.6 is 0 Å². The maximum absolute atomic E-state index is 12.3. The van der Waals surface area contributed by atoms with Crippen LogP contribution in [-0.4, -0.2) is 44.8 Å². The molecule has 1 aromatic carbocycles. The number of carbonyl (C=O) groups excluding carboxylic acids is 2. The van der Waals surface area contributed by atoms with Crippen LogP contribution in [-0.2, 0) is 4.74 Å². The van der Waals surface area contributed by atoms with E-state index in [2.05, 4.69) is 10.6 Å². The van der Waals surface area contributed by atoms with Crippen molar-refractivity contribution in [2.75, 3.05) is 37.8 Å². The fourth-order valence-corrected chi connectivity index (χ4v) is 1.88. The summed E-state index contributed by atoms with van der Waals surface area (Å²) in [6.07, 6.45) is -0.510. The van der Waals surface area contributed by atoms with Crippen molar-refractivity contribution in [1.29, 1.82) is 0 Å². The monoisotopic (exact) mass is 322 g/mol. The molecule has 2 amide bonds. The Kier molecular flexibility index (Phi) is 6.24. The molecule has 7 heteroatoms. The van der Waals surface area contributed by atoms with Crippen molar-refractivity contribution in [3.8, 4) is 0 Å².